The largest absolute Gasteiger partial charge is 0.371 e. The van der Waals surface area contributed by atoms with Crippen molar-refractivity contribution in [1.82, 2.24) is 0 Å². The molecule has 0 saturated carbocycles. The van der Waals surface area contributed by atoms with Crippen molar-refractivity contribution in [3.05, 3.63) is 35.4 Å². The molecule has 0 amide bonds. The van der Waals surface area contributed by atoms with Crippen molar-refractivity contribution in [2.45, 2.75) is 59.7 Å². The summed E-state index contributed by atoms with van der Waals surface area (Å²) in [7, 11) is 0. The Hall–Kier alpha value is -0.820. The molecule has 1 unspecified atom stereocenters. The van der Waals surface area contributed by atoms with Crippen LogP contribution in [-0.4, -0.2) is 6.10 Å². The third-order valence-corrected chi connectivity index (χ3v) is 3.10. The summed E-state index contributed by atoms with van der Waals surface area (Å²) in [5.74, 6) is 0.717. The lowest BCUT2D eigenvalue weighted by molar-refractivity contribution is 0.00547. The van der Waals surface area contributed by atoms with E-state index in [4.69, 9.17) is 4.74 Å². The Morgan fingerprint density at radius 1 is 1.00 bits per heavy atom. The lowest BCUT2D eigenvalue weighted by atomic mass is 10.0. The Morgan fingerprint density at radius 3 is 2.06 bits per heavy atom. The van der Waals surface area contributed by atoms with Gasteiger partial charge in [-0.25, -0.2) is 0 Å². The number of hydrogen-bond acceptors (Lipinski definition) is 1. The molecule has 0 saturated heterocycles. The van der Waals surface area contributed by atoms with Crippen LogP contribution >= 0.6 is 0 Å². The summed E-state index contributed by atoms with van der Waals surface area (Å²) in [6.45, 7) is 10.9. The van der Waals surface area contributed by atoms with E-state index in [1.54, 1.807) is 0 Å². The van der Waals surface area contributed by atoms with Crippen LogP contribution in [0.15, 0.2) is 24.3 Å². The van der Waals surface area contributed by atoms with E-state index in [1.165, 1.54) is 11.1 Å². The van der Waals surface area contributed by atoms with Crippen LogP contribution in [0, 0.1) is 5.92 Å². The molecule has 0 aliphatic rings. The third-order valence-electron chi connectivity index (χ3n) is 3.10. The van der Waals surface area contributed by atoms with Crippen molar-refractivity contribution in [3.63, 3.8) is 0 Å². The molecule has 0 spiro atoms. The molecule has 17 heavy (non-hydrogen) atoms. The van der Waals surface area contributed by atoms with E-state index in [-0.39, 0.29) is 6.10 Å². The lowest BCUT2D eigenvalue weighted by Gasteiger charge is -2.18. The molecule has 0 N–H and O–H groups in total. The Balaban J connectivity index is 2.60. The maximum Gasteiger partial charge on any atom is 0.0800 e. The average Bonchev–Trinajstić information content (AvgIpc) is 2.28. The Morgan fingerprint density at radius 2 is 1.59 bits per heavy atom. The highest BCUT2D eigenvalue weighted by Gasteiger charge is 2.09. The molecule has 1 aromatic carbocycles. The van der Waals surface area contributed by atoms with Gasteiger partial charge < -0.3 is 4.74 Å². The maximum atomic E-state index is 5.91. The summed E-state index contributed by atoms with van der Waals surface area (Å²) >= 11 is 0. The van der Waals surface area contributed by atoms with Crippen LogP contribution in [0.2, 0.25) is 0 Å². The number of benzene rings is 1. The molecule has 0 aliphatic heterocycles. The summed E-state index contributed by atoms with van der Waals surface area (Å²) in [5, 5.41) is 0. The van der Waals surface area contributed by atoms with Crippen LogP contribution in [0.1, 0.15) is 58.3 Å². The van der Waals surface area contributed by atoms with Gasteiger partial charge in [0.05, 0.1) is 12.2 Å². The maximum absolute atomic E-state index is 5.91. The summed E-state index contributed by atoms with van der Waals surface area (Å²) < 4.78 is 5.91. The van der Waals surface area contributed by atoms with E-state index >= 15 is 0 Å². The normalized spacial score (nSPS) is 14.9. The van der Waals surface area contributed by atoms with Gasteiger partial charge >= 0.3 is 0 Å². The first-order valence-corrected chi connectivity index (χ1v) is 6.77. The van der Waals surface area contributed by atoms with Gasteiger partial charge in [0.1, 0.15) is 0 Å². The fourth-order valence-corrected chi connectivity index (χ4v) is 1.92. The Bertz CT molecular complexity index is 313. The van der Waals surface area contributed by atoms with Gasteiger partial charge in [0.2, 0.25) is 0 Å². The zero-order valence-corrected chi connectivity index (χ0v) is 11.9. The van der Waals surface area contributed by atoms with Crippen LogP contribution in [0.5, 0.6) is 0 Å². The summed E-state index contributed by atoms with van der Waals surface area (Å²) in [6.07, 6.45) is 2.75. The van der Waals surface area contributed by atoms with Gasteiger partial charge in [0.25, 0.3) is 0 Å². The molecular weight excluding hydrogens is 208 g/mol. The van der Waals surface area contributed by atoms with Crippen molar-refractivity contribution < 1.29 is 4.74 Å². The highest BCUT2D eigenvalue weighted by Crippen LogP contribution is 2.20. The van der Waals surface area contributed by atoms with Crippen LogP contribution in [0.3, 0.4) is 0 Å². The quantitative estimate of drug-likeness (QED) is 0.689. The highest BCUT2D eigenvalue weighted by molar-refractivity contribution is 5.24. The summed E-state index contributed by atoms with van der Waals surface area (Å²) in [5.41, 5.74) is 2.69. The molecule has 0 aliphatic carbocycles. The second-order valence-electron chi connectivity index (χ2n) is 5.34. The Labute approximate surface area is 106 Å². The van der Waals surface area contributed by atoms with Gasteiger partial charge in [-0.1, -0.05) is 45.0 Å². The zero-order valence-electron chi connectivity index (χ0n) is 11.9. The standard InChI is InChI=1S/C16H26O/c1-6-13(4)17-14(5)16-9-7-15(8-10-16)11-12(2)3/h7-10,12-14H,6,11H2,1-5H3/t13-,14?/m1/s1. The molecule has 0 radical (unpaired) electrons. The second kappa shape index (κ2) is 6.80. The van der Waals surface area contributed by atoms with Crippen molar-refractivity contribution in [1.29, 1.82) is 0 Å². The minimum Gasteiger partial charge on any atom is -0.371 e. The third kappa shape index (κ3) is 4.91. The first kappa shape index (κ1) is 14.2. The van der Waals surface area contributed by atoms with Crippen molar-refractivity contribution in [2.75, 3.05) is 0 Å². The first-order valence-electron chi connectivity index (χ1n) is 6.77. The molecule has 1 nitrogen and oxygen atoms in total. The average molecular weight is 234 g/mol. The van der Waals surface area contributed by atoms with Gasteiger partial charge in [-0.3, -0.25) is 0 Å². The minimum absolute atomic E-state index is 0.193. The lowest BCUT2D eigenvalue weighted by Crippen LogP contribution is -2.10. The second-order valence-corrected chi connectivity index (χ2v) is 5.34. The van der Waals surface area contributed by atoms with Crippen molar-refractivity contribution in [3.8, 4) is 0 Å². The SMILES string of the molecule is CC[C@@H](C)OC(C)c1ccc(CC(C)C)cc1. The van der Waals surface area contributed by atoms with Gasteiger partial charge in [0, 0.05) is 0 Å². The first-order chi connectivity index (χ1) is 8.02. The molecule has 0 aromatic heterocycles. The zero-order chi connectivity index (χ0) is 12.8. The molecule has 2 atom stereocenters. The smallest absolute Gasteiger partial charge is 0.0800 e. The van der Waals surface area contributed by atoms with Gasteiger partial charge in [0.15, 0.2) is 0 Å². The number of ether oxygens (including phenoxy) is 1. The van der Waals surface area contributed by atoms with Gasteiger partial charge in [-0.15, -0.1) is 0 Å². The molecular formula is C16H26O. The van der Waals surface area contributed by atoms with E-state index in [0.717, 1.165) is 18.8 Å². The van der Waals surface area contributed by atoms with E-state index in [0.29, 0.717) is 6.10 Å². The monoisotopic (exact) mass is 234 g/mol. The molecule has 1 rings (SSSR count). The molecule has 1 heteroatoms. The topological polar surface area (TPSA) is 9.23 Å². The van der Waals surface area contributed by atoms with Crippen LogP contribution in [0.25, 0.3) is 0 Å². The molecule has 0 heterocycles. The van der Waals surface area contributed by atoms with Crippen LogP contribution in [0.4, 0.5) is 0 Å². The van der Waals surface area contributed by atoms with E-state index < -0.39 is 0 Å². The summed E-state index contributed by atoms with van der Waals surface area (Å²) in [6, 6.07) is 8.85. The summed E-state index contributed by atoms with van der Waals surface area (Å²) in [4.78, 5) is 0. The molecule has 0 bridgehead atoms. The highest BCUT2D eigenvalue weighted by atomic mass is 16.5. The van der Waals surface area contributed by atoms with Crippen molar-refractivity contribution in [2.24, 2.45) is 5.92 Å². The van der Waals surface area contributed by atoms with E-state index in [2.05, 4.69) is 58.9 Å². The van der Waals surface area contributed by atoms with Gasteiger partial charge in [-0.05, 0) is 43.7 Å². The fourth-order valence-electron chi connectivity index (χ4n) is 1.92. The van der Waals surface area contributed by atoms with Gasteiger partial charge in [-0.2, -0.15) is 0 Å². The molecule has 96 valence electrons. The molecule has 1 aromatic rings. The minimum atomic E-state index is 0.193. The van der Waals surface area contributed by atoms with E-state index in [1.807, 2.05) is 0 Å². The van der Waals surface area contributed by atoms with Crippen molar-refractivity contribution >= 4 is 0 Å². The predicted molar refractivity (Wildman–Crippen MR) is 74.2 cm³/mol. The number of hydrogen-bond donors (Lipinski definition) is 0. The predicted octanol–water partition coefficient (Wildman–Crippen LogP) is 4.76. The van der Waals surface area contributed by atoms with Crippen LogP contribution < -0.4 is 0 Å². The van der Waals surface area contributed by atoms with E-state index in [9.17, 15) is 0 Å². The van der Waals surface area contributed by atoms with Crippen LogP contribution in [-0.2, 0) is 11.2 Å². The molecule has 0 fully saturated rings. The number of rotatable bonds is 6. The fraction of sp³-hybridized carbons (Fsp3) is 0.625. The Kier molecular flexibility index (Phi) is 5.70.